The largest absolute Gasteiger partial charge is 0.387 e. The summed E-state index contributed by atoms with van der Waals surface area (Å²) in [5.41, 5.74) is 1.26. The zero-order valence-electron chi connectivity index (χ0n) is 13.9. The first-order valence-corrected chi connectivity index (χ1v) is 9.23. The van der Waals surface area contributed by atoms with Crippen LogP contribution in [0.4, 0.5) is 5.69 Å². The maximum Gasteiger partial charge on any atom is 0.270 e. The van der Waals surface area contributed by atoms with Crippen molar-refractivity contribution in [2.45, 2.75) is 11.0 Å². The minimum absolute atomic E-state index is 0.225. The first-order chi connectivity index (χ1) is 12.3. The Morgan fingerprint density at radius 1 is 1.23 bits per heavy atom. The number of nitrogens with zero attached hydrogens (tertiary/aromatic N) is 2. The Bertz CT molecular complexity index is 1070. The molecule has 0 saturated carbocycles. The van der Waals surface area contributed by atoms with Gasteiger partial charge in [-0.3, -0.25) is 10.1 Å². The molecule has 0 bridgehead atoms. The number of hydrogen-bond acceptors (Lipinski definition) is 5. The van der Waals surface area contributed by atoms with Crippen LogP contribution in [0.25, 0.3) is 10.9 Å². The first kappa shape index (κ1) is 18.1. The van der Waals surface area contributed by atoms with Gasteiger partial charge in [-0.05, 0) is 35.2 Å². The summed E-state index contributed by atoms with van der Waals surface area (Å²) >= 11 is 0. The lowest BCUT2D eigenvalue weighted by Gasteiger charge is -2.13. The number of nitrogens with one attached hydrogen (secondary N) is 1. The lowest BCUT2D eigenvalue weighted by molar-refractivity contribution is -0.385. The summed E-state index contributed by atoms with van der Waals surface area (Å²) in [5, 5.41) is 22.0. The Morgan fingerprint density at radius 2 is 2.00 bits per heavy atom. The number of nitro groups is 1. The van der Waals surface area contributed by atoms with E-state index in [1.807, 2.05) is 29.9 Å². The van der Waals surface area contributed by atoms with Crippen molar-refractivity contribution in [2.75, 3.05) is 6.54 Å². The average molecular weight is 375 g/mol. The maximum absolute atomic E-state index is 12.3. The molecule has 0 aliphatic rings. The molecule has 2 N–H and O–H groups in total. The fourth-order valence-corrected chi connectivity index (χ4v) is 3.74. The van der Waals surface area contributed by atoms with Crippen molar-refractivity contribution in [3.63, 3.8) is 0 Å². The van der Waals surface area contributed by atoms with E-state index in [0.717, 1.165) is 17.0 Å². The Labute approximate surface area is 149 Å². The van der Waals surface area contributed by atoms with Gasteiger partial charge in [-0.15, -0.1) is 0 Å². The molecule has 8 nitrogen and oxygen atoms in total. The van der Waals surface area contributed by atoms with Gasteiger partial charge in [-0.1, -0.05) is 12.1 Å². The molecule has 0 fully saturated rings. The maximum atomic E-state index is 12.3. The smallest absolute Gasteiger partial charge is 0.270 e. The molecule has 9 heteroatoms. The van der Waals surface area contributed by atoms with Crippen LogP contribution in [0.1, 0.15) is 11.7 Å². The number of nitro benzene ring substituents is 1. The van der Waals surface area contributed by atoms with Crippen LogP contribution in [0.15, 0.2) is 59.6 Å². The molecule has 0 aliphatic carbocycles. The highest BCUT2D eigenvalue weighted by Crippen LogP contribution is 2.22. The number of aliphatic hydroxyl groups is 1. The number of non-ortho nitro benzene ring substituents is 1. The number of benzene rings is 2. The molecule has 0 radical (unpaired) electrons. The third kappa shape index (κ3) is 3.59. The minimum Gasteiger partial charge on any atom is -0.387 e. The van der Waals surface area contributed by atoms with Gasteiger partial charge in [-0.25, -0.2) is 13.1 Å². The van der Waals surface area contributed by atoms with Crippen molar-refractivity contribution >= 4 is 26.6 Å². The van der Waals surface area contributed by atoms with Crippen molar-refractivity contribution in [1.82, 2.24) is 9.29 Å². The van der Waals surface area contributed by atoms with Gasteiger partial charge >= 0.3 is 0 Å². The predicted octanol–water partition coefficient (Wildman–Crippen LogP) is 2.10. The van der Waals surface area contributed by atoms with Crippen LogP contribution in [0.3, 0.4) is 0 Å². The molecule has 1 unspecified atom stereocenters. The number of sulfonamides is 1. The van der Waals surface area contributed by atoms with Gasteiger partial charge in [-0.2, -0.15) is 0 Å². The van der Waals surface area contributed by atoms with Gasteiger partial charge in [0.2, 0.25) is 10.0 Å². The molecule has 26 heavy (non-hydrogen) atoms. The molecule has 0 amide bonds. The van der Waals surface area contributed by atoms with E-state index in [9.17, 15) is 23.6 Å². The summed E-state index contributed by atoms with van der Waals surface area (Å²) in [6.07, 6.45) is 0.847. The van der Waals surface area contributed by atoms with Crippen LogP contribution >= 0.6 is 0 Å². The molecule has 1 atom stereocenters. The zero-order valence-corrected chi connectivity index (χ0v) is 14.7. The van der Waals surface area contributed by atoms with Gasteiger partial charge in [0.25, 0.3) is 5.69 Å². The van der Waals surface area contributed by atoms with Gasteiger partial charge < -0.3 is 9.67 Å². The molecule has 3 aromatic rings. The SMILES string of the molecule is Cn1ccc2cc(C(O)CNS(=O)(=O)c3cccc([N+](=O)[O-])c3)ccc21. The van der Waals surface area contributed by atoms with Crippen LogP contribution < -0.4 is 4.72 Å². The summed E-state index contributed by atoms with van der Waals surface area (Å²) in [6, 6.07) is 12.0. The first-order valence-electron chi connectivity index (χ1n) is 7.75. The molecule has 3 rings (SSSR count). The van der Waals surface area contributed by atoms with E-state index in [0.29, 0.717) is 5.56 Å². The molecule has 1 aromatic heterocycles. The summed E-state index contributed by atoms with van der Waals surface area (Å²) in [5.74, 6) is 0. The molecule has 0 aliphatic heterocycles. The quantitative estimate of drug-likeness (QED) is 0.506. The van der Waals surface area contributed by atoms with E-state index in [2.05, 4.69) is 4.72 Å². The second-order valence-electron chi connectivity index (χ2n) is 5.87. The molecule has 2 aromatic carbocycles. The van der Waals surface area contributed by atoms with E-state index in [1.165, 1.54) is 18.2 Å². The van der Waals surface area contributed by atoms with Crippen molar-refractivity contribution < 1.29 is 18.4 Å². The van der Waals surface area contributed by atoms with Crippen molar-refractivity contribution in [3.8, 4) is 0 Å². The second kappa shape index (κ2) is 6.87. The van der Waals surface area contributed by atoms with E-state index < -0.39 is 21.1 Å². The van der Waals surface area contributed by atoms with Crippen molar-refractivity contribution in [1.29, 1.82) is 0 Å². The number of rotatable bonds is 6. The van der Waals surface area contributed by atoms with E-state index in [1.54, 1.807) is 12.1 Å². The fraction of sp³-hybridized carbons (Fsp3) is 0.176. The monoisotopic (exact) mass is 375 g/mol. The fourth-order valence-electron chi connectivity index (χ4n) is 2.66. The molecular formula is C17H17N3O5S. The lowest BCUT2D eigenvalue weighted by Crippen LogP contribution is -2.28. The third-order valence-corrected chi connectivity index (χ3v) is 5.52. The third-order valence-electron chi connectivity index (χ3n) is 4.10. The minimum atomic E-state index is -3.98. The number of hydrogen-bond donors (Lipinski definition) is 2. The number of aryl methyl sites for hydroxylation is 1. The van der Waals surface area contributed by atoms with Crippen LogP contribution in [-0.2, 0) is 17.1 Å². The van der Waals surface area contributed by atoms with Crippen molar-refractivity contribution in [2.24, 2.45) is 7.05 Å². The van der Waals surface area contributed by atoms with Gasteiger partial charge in [0, 0.05) is 37.4 Å². The zero-order chi connectivity index (χ0) is 18.9. The topological polar surface area (TPSA) is 114 Å². The van der Waals surface area contributed by atoms with Crippen LogP contribution in [0, 0.1) is 10.1 Å². The second-order valence-corrected chi connectivity index (χ2v) is 7.63. The van der Waals surface area contributed by atoms with E-state index in [-0.39, 0.29) is 17.1 Å². The van der Waals surface area contributed by atoms with E-state index >= 15 is 0 Å². The standard InChI is InChI=1S/C17H17N3O5S/c1-19-8-7-12-9-13(5-6-16(12)19)17(21)11-18-26(24,25)15-4-2-3-14(10-15)20(22)23/h2-10,17-18,21H,11H2,1H3. The molecule has 1 heterocycles. The summed E-state index contributed by atoms with van der Waals surface area (Å²) in [4.78, 5) is 9.90. The predicted molar refractivity (Wildman–Crippen MR) is 96.2 cm³/mol. The lowest BCUT2D eigenvalue weighted by atomic mass is 10.1. The molecule has 0 saturated heterocycles. The summed E-state index contributed by atoms with van der Waals surface area (Å²) in [6.45, 7) is -0.247. The van der Waals surface area contributed by atoms with Crippen LogP contribution in [0.5, 0.6) is 0 Å². The molecule has 0 spiro atoms. The summed E-state index contributed by atoms with van der Waals surface area (Å²) < 4.78 is 28.8. The van der Waals surface area contributed by atoms with E-state index in [4.69, 9.17) is 0 Å². The van der Waals surface area contributed by atoms with Gasteiger partial charge in [0.15, 0.2) is 0 Å². The summed E-state index contributed by atoms with van der Waals surface area (Å²) in [7, 11) is -2.07. The molecular weight excluding hydrogens is 358 g/mol. The Kier molecular flexibility index (Phi) is 4.77. The van der Waals surface area contributed by atoms with Crippen LogP contribution in [0.2, 0.25) is 0 Å². The normalized spacial score (nSPS) is 13.0. The Hall–Kier alpha value is -2.75. The van der Waals surface area contributed by atoms with Crippen molar-refractivity contribution in [3.05, 3.63) is 70.4 Å². The highest BCUT2D eigenvalue weighted by atomic mass is 32.2. The number of fused-ring (bicyclic) bond motifs is 1. The molecule has 136 valence electrons. The average Bonchev–Trinajstić information content (AvgIpc) is 3.00. The Morgan fingerprint density at radius 3 is 2.73 bits per heavy atom. The van der Waals surface area contributed by atoms with Gasteiger partial charge in [0.1, 0.15) is 0 Å². The Balaban J connectivity index is 1.75. The number of aromatic nitrogens is 1. The van der Waals surface area contributed by atoms with Gasteiger partial charge in [0.05, 0.1) is 15.9 Å². The number of aliphatic hydroxyl groups excluding tert-OH is 1. The van der Waals surface area contributed by atoms with Crippen LogP contribution in [-0.4, -0.2) is 29.6 Å². The highest BCUT2D eigenvalue weighted by molar-refractivity contribution is 7.89. The highest BCUT2D eigenvalue weighted by Gasteiger charge is 2.19.